The summed E-state index contributed by atoms with van der Waals surface area (Å²) in [5.74, 6) is 0.623. The molecule has 4 heteroatoms. The first-order chi connectivity index (χ1) is 9.16. The molecule has 1 atom stereocenters. The van der Waals surface area contributed by atoms with Crippen molar-refractivity contribution in [3.63, 3.8) is 0 Å². The summed E-state index contributed by atoms with van der Waals surface area (Å²) in [4.78, 5) is 3.00. The first-order valence-electron chi connectivity index (χ1n) is 7.02. The van der Waals surface area contributed by atoms with Crippen LogP contribution < -0.4 is 11.1 Å². The molecule has 104 valence electrons. The number of para-hydroxylation sites is 1. The molecule has 1 heterocycles. The first-order valence-corrected chi connectivity index (χ1v) is 7.42. The van der Waals surface area contributed by atoms with E-state index in [1.807, 2.05) is 24.3 Å². The quantitative estimate of drug-likeness (QED) is 0.784. The lowest BCUT2D eigenvalue weighted by molar-refractivity contribution is 0.294. The molecule has 19 heavy (non-hydrogen) atoms. The third-order valence-corrected chi connectivity index (χ3v) is 3.82. The van der Waals surface area contributed by atoms with Crippen LogP contribution in [0.3, 0.4) is 0 Å². The minimum Gasteiger partial charge on any atom is -0.389 e. The monoisotopic (exact) mass is 277 g/mol. The second kappa shape index (κ2) is 6.87. The highest BCUT2D eigenvalue weighted by molar-refractivity contribution is 7.80. The maximum absolute atomic E-state index is 5.74. The summed E-state index contributed by atoms with van der Waals surface area (Å²) >= 11 is 5.07. The molecule has 1 fully saturated rings. The largest absolute Gasteiger partial charge is 0.389 e. The Morgan fingerprint density at radius 3 is 2.74 bits per heavy atom. The average molecular weight is 277 g/mol. The van der Waals surface area contributed by atoms with Crippen LogP contribution in [0.1, 0.15) is 25.3 Å². The molecule has 1 aliphatic rings. The van der Waals surface area contributed by atoms with E-state index in [4.69, 9.17) is 18.0 Å². The van der Waals surface area contributed by atoms with E-state index in [-0.39, 0.29) is 0 Å². The number of thiocarbonyl (C=S) groups is 1. The van der Waals surface area contributed by atoms with Crippen LogP contribution in [0.15, 0.2) is 24.3 Å². The van der Waals surface area contributed by atoms with Crippen LogP contribution in [0.2, 0.25) is 0 Å². The van der Waals surface area contributed by atoms with Crippen molar-refractivity contribution in [3.8, 4) is 0 Å². The smallest absolute Gasteiger partial charge is 0.106 e. The number of hydrogen-bond donors (Lipinski definition) is 2. The molecular weight excluding hydrogens is 254 g/mol. The van der Waals surface area contributed by atoms with Gasteiger partial charge in [-0.2, -0.15) is 0 Å². The van der Waals surface area contributed by atoms with Crippen molar-refractivity contribution >= 4 is 22.9 Å². The number of nitrogens with one attached hydrogen (secondary N) is 1. The van der Waals surface area contributed by atoms with Gasteiger partial charge in [0.2, 0.25) is 0 Å². The van der Waals surface area contributed by atoms with Crippen molar-refractivity contribution in [2.45, 2.75) is 19.8 Å². The second-order valence-electron chi connectivity index (χ2n) is 5.40. The minimum atomic E-state index is 0.454. The molecule has 3 N–H and O–H groups in total. The number of nitrogens with zero attached hydrogens (tertiary/aromatic N) is 1. The zero-order valence-corrected chi connectivity index (χ0v) is 12.4. The number of benzene rings is 1. The molecular formula is C15H23N3S. The summed E-state index contributed by atoms with van der Waals surface area (Å²) in [5.41, 5.74) is 7.72. The lowest BCUT2D eigenvalue weighted by atomic mass is 10.1. The molecule has 1 aromatic carbocycles. The van der Waals surface area contributed by atoms with E-state index in [0.717, 1.165) is 17.8 Å². The Kier molecular flexibility index (Phi) is 5.16. The van der Waals surface area contributed by atoms with Gasteiger partial charge in [-0.05, 0) is 44.0 Å². The minimum absolute atomic E-state index is 0.454. The molecule has 2 rings (SSSR count). The van der Waals surface area contributed by atoms with Gasteiger partial charge in [-0.15, -0.1) is 0 Å². The van der Waals surface area contributed by atoms with E-state index < -0.39 is 0 Å². The van der Waals surface area contributed by atoms with Crippen molar-refractivity contribution in [1.29, 1.82) is 0 Å². The molecule has 0 aliphatic carbocycles. The van der Waals surface area contributed by atoms with Crippen LogP contribution in [0.5, 0.6) is 0 Å². The SMILES string of the molecule is CC(CNc1ccccc1C(N)=S)CN1CCCC1. The summed E-state index contributed by atoms with van der Waals surface area (Å²) in [6, 6.07) is 7.98. The number of hydrogen-bond acceptors (Lipinski definition) is 3. The molecule has 0 aromatic heterocycles. The van der Waals surface area contributed by atoms with Gasteiger partial charge in [0, 0.05) is 24.3 Å². The lowest BCUT2D eigenvalue weighted by Gasteiger charge is -2.21. The van der Waals surface area contributed by atoms with Crippen LogP contribution in [-0.4, -0.2) is 36.1 Å². The highest BCUT2D eigenvalue weighted by Crippen LogP contribution is 2.16. The van der Waals surface area contributed by atoms with E-state index in [0.29, 0.717) is 10.9 Å². The summed E-state index contributed by atoms with van der Waals surface area (Å²) in [6.45, 7) is 6.93. The zero-order chi connectivity index (χ0) is 13.7. The fourth-order valence-electron chi connectivity index (χ4n) is 2.61. The van der Waals surface area contributed by atoms with E-state index in [1.165, 1.54) is 32.5 Å². The van der Waals surface area contributed by atoms with Crippen LogP contribution in [0, 0.1) is 5.92 Å². The standard InChI is InChI=1S/C15H23N3S/c1-12(11-18-8-4-5-9-18)10-17-14-7-3-2-6-13(14)15(16)19/h2-3,6-7,12,17H,4-5,8-11H2,1H3,(H2,16,19). The third kappa shape index (κ3) is 4.18. The summed E-state index contributed by atoms with van der Waals surface area (Å²) in [6.07, 6.45) is 2.70. The molecule has 0 amide bonds. The molecule has 0 spiro atoms. The van der Waals surface area contributed by atoms with Crippen LogP contribution >= 0.6 is 12.2 Å². The van der Waals surface area contributed by atoms with E-state index in [1.54, 1.807) is 0 Å². The number of likely N-dealkylation sites (tertiary alicyclic amines) is 1. The third-order valence-electron chi connectivity index (χ3n) is 3.60. The molecule has 0 radical (unpaired) electrons. The molecule has 1 saturated heterocycles. The average Bonchev–Trinajstić information content (AvgIpc) is 2.89. The maximum atomic E-state index is 5.74. The highest BCUT2D eigenvalue weighted by Gasteiger charge is 2.14. The predicted octanol–water partition coefficient (Wildman–Crippen LogP) is 2.46. The van der Waals surface area contributed by atoms with Crippen LogP contribution in [0.25, 0.3) is 0 Å². The molecule has 1 aromatic rings. The Labute approximate surface area is 121 Å². The number of rotatable bonds is 6. The fourth-order valence-corrected chi connectivity index (χ4v) is 2.78. The zero-order valence-electron chi connectivity index (χ0n) is 11.6. The molecule has 3 nitrogen and oxygen atoms in total. The van der Waals surface area contributed by atoms with Gasteiger partial charge in [0.1, 0.15) is 4.99 Å². The number of nitrogens with two attached hydrogens (primary N) is 1. The van der Waals surface area contributed by atoms with Crippen molar-refractivity contribution in [3.05, 3.63) is 29.8 Å². The Hall–Kier alpha value is -1.13. The normalized spacial score (nSPS) is 17.3. The highest BCUT2D eigenvalue weighted by atomic mass is 32.1. The van der Waals surface area contributed by atoms with Crippen molar-refractivity contribution in [2.75, 3.05) is 31.5 Å². The van der Waals surface area contributed by atoms with Crippen molar-refractivity contribution in [1.82, 2.24) is 4.90 Å². The lowest BCUT2D eigenvalue weighted by Crippen LogP contribution is -2.29. The molecule has 1 unspecified atom stereocenters. The van der Waals surface area contributed by atoms with Gasteiger partial charge in [-0.1, -0.05) is 31.3 Å². The fraction of sp³-hybridized carbons (Fsp3) is 0.533. The summed E-state index contributed by atoms with van der Waals surface area (Å²) in [5, 5.41) is 3.47. The summed E-state index contributed by atoms with van der Waals surface area (Å²) < 4.78 is 0. The first kappa shape index (κ1) is 14.3. The van der Waals surface area contributed by atoms with Gasteiger partial charge in [0.15, 0.2) is 0 Å². The van der Waals surface area contributed by atoms with Gasteiger partial charge >= 0.3 is 0 Å². The Morgan fingerprint density at radius 2 is 2.05 bits per heavy atom. The van der Waals surface area contributed by atoms with Crippen molar-refractivity contribution < 1.29 is 0 Å². The van der Waals surface area contributed by atoms with E-state index in [2.05, 4.69) is 17.1 Å². The van der Waals surface area contributed by atoms with Crippen LogP contribution in [-0.2, 0) is 0 Å². The van der Waals surface area contributed by atoms with Crippen LogP contribution in [0.4, 0.5) is 5.69 Å². The number of anilines is 1. The predicted molar refractivity (Wildman–Crippen MR) is 85.7 cm³/mol. The Balaban J connectivity index is 1.85. The van der Waals surface area contributed by atoms with E-state index >= 15 is 0 Å². The molecule has 1 aliphatic heterocycles. The van der Waals surface area contributed by atoms with E-state index in [9.17, 15) is 0 Å². The molecule has 0 bridgehead atoms. The van der Waals surface area contributed by atoms with Gasteiger partial charge in [0.25, 0.3) is 0 Å². The van der Waals surface area contributed by atoms with Gasteiger partial charge in [0.05, 0.1) is 0 Å². The Morgan fingerprint density at radius 1 is 1.37 bits per heavy atom. The van der Waals surface area contributed by atoms with Gasteiger partial charge in [-0.25, -0.2) is 0 Å². The summed E-state index contributed by atoms with van der Waals surface area (Å²) in [7, 11) is 0. The Bertz CT molecular complexity index is 427. The van der Waals surface area contributed by atoms with Crippen molar-refractivity contribution in [2.24, 2.45) is 11.7 Å². The second-order valence-corrected chi connectivity index (χ2v) is 5.84. The molecule has 0 saturated carbocycles. The maximum Gasteiger partial charge on any atom is 0.106 e. The topological polar surface area (TPSA) is 41.3 Å². The van der Waals surface area contributed by atoms with Gasteiger partial charge in [-0.3, -0.25) is 0 Å². The van der Waals surface area contributed by atoms with Gasteiger partial charge < -0.3 is 16.0 Å².